The first kappa shape index (κ1) is 15.3. The van der Waals surface area contributed by atoms with Crippen molar-refractivity contribution in [3.63, 3.8) is 0 Å². The lowest BCUT2D eigenvalue weighted by atomic mass is 10.1. The zero-order valence-corrected chi connectivity index (χ0v) is 13.8. The SMILES string of the molecule is CC(NC(=O)c1cnn(C(C)(C)C)c1)c1nc2ccccc2[nH]1. The number of hydrogen-bond donors (Lipinski definition) is 2. The zero-order chi connectivity index (χ0) is 16.6. The van der Waals surface area contributed by atoms with Crippen LogP contribution in [0.2, 0.25) is 0 Å². The molecule has 0 aliphatic carbocycles. The first-order valence-corrected chi connectivity index (χ1v) is 7.65. The quantitative estimate of drug-likeness (QED) is 0.780. The Labute approximate surface area is 134 Å². The lowest BCUT2D eigenvalue weighted by Gasteiger charge is -2.18. The minimum absolute atomic E-state index is 0.150. The third-order valence-electron chi connectivity index (χ3n) is 3.70. The van der Waals surface area contributed by atoms with Gasteiger partial charge in [0.15, 0.2) is 0 Å². The van der Waals surface area contributed by atoms with Gasteiger partial charge in [-0.25, -0.2) is 4.98 Å². The summed E-state index contributed by atoms with van der Waals surface area (Å²) < 4.78 is 1.79. The van der Waals surface area contributed by atoms with Crippen molar-refractivity contribution in [2.24, 2.45) is 0 Å². The van der Waals surface area contributed by atoms with Gasteiger partial charge in [0.05, 0.1) is 34.4 Å². The summed E-state index contributed by atoms with van der Waals surface area (Å²) in [7, 11) is 0. The third kappa shape index (κ3) is 3.11. The maximum absolute atomic E-state index is 12.4. The van der Waals surface area contributed by atoms with E-state index in [-0.39, 0.29) is 17.5 Å². The summed E-state index contributed by atoms with van der Waals surface area (Å²) in [5.74, 6) is 0.580. The number of imidazole rings is 1. The molecular formula is C17H21N5O. The van der Waals surface area contributed by atoms with Crippen LogP contribution in [-0.4, -0.2) is 25.7 Å². The smallest absolute Gasteiger partial charge is 0.255 e. The van der Waals surface area contributed by atoms with Crippen LogP contribution in [-0.2, 0) is 5.54 Å². The number of amides is 1. The summed E-state index contributed by atoms with van der Waals surface area (Å²) in [6.07, 6.45) is 3.35. The number of benzene rings is 1. The molecule has 0 spiro atoms. The number of aromatic amines is 1. The standard InChI is InChI=1S/C17H21N5O/c1-11(15-20-13-7-5-6-8-14(13)21-15)19-16(23)12-9-18-22(10-12)17(2,3)4/h5-11H,1-4H3,(H,19,23)(H,20,21). The van der Waals surface area contributed by atoms with Crippen LogP contribution in [0, 0.1) is 0 Å². The molecule has 120 valence electrons. The second kappa shape index (κ2) is 5.53. The van der Waals surface area contributed by atoms with Crippen molar-refractivity contribution in [3.8, 4) is 0 Å². The second-order valence-corrected chi connectivity index (χ2v) is 6.68. The molecule has 3 aromatic rings. The molecular weight excluding hydrogens is 290 g/mol. The molecule has 1 aromatic carbocycles. The first-order valence-electron chi connectivity index (χ1n) is 7.65. The molecule has 6 heteroatoms. The van der Waals surface area contributed by atoms with Gasteiger partial charge in [0, 0.05) is 6.20 Å². The van der Waals surface area contributed by atoms with Crippen molar-refractivity contribution in [2.75, 3.05) is 0 Å². The van der Waals surface area contributed by atoms with Gasteiger partial charge >= 0.3 is 0 Å². The van der Waals surface area contributed by atoms with E-state index in [9.17, 15) is 4.79 Å². The number of para-hydroxylation sites is 2. The highest BCUT2D eigenvalue weighted by atomic mass is 16.1. The van der Waals surface area contributed by atoms with Gasteiger partial charge in [-0.3, -0.25) is 9.48 Å². The highest BCUT2D eigenvalue weighted by Gasteiger charge is 2.19. The number of nitrogens with zero attached hydrogens (tertiary/aromatic N) is 3. The monoisotopic (exact) mass is 311 g/mol. The van der Waals surface area contributed by atoms with Gasteiger partial charge in [0.25, 0.3) is 5.91 Å². The molecule has 2 heterocycles. The molecule has 2 aromatic heterocycles. The minimum atomic E-state index is -0.215. The molecule has 0 radical (unpaired) electrons. The van der Waals surface area contributed by atoms with Gasteiger partial charge in [-0.05, 0) is 39.8 Å². The molecule has 2 N–H and O–H groups in total. The van der Waals surface area contributed by atoms with Crippen molar-refractivity contribution in [2.45, 2.75) is 39.3 Å². The number of carbonyl (C=O) groups excluding carboxylic acids is 1. The van der Waals surface area contributed by atoms with Crippen molar-refractivity contribution in [1.29, 1.82) is 0 Å². The molecule has 0 saturated carbocycles. The van der Waals surface area contributed by atoms with Crippen molar-refractivity contribution >= 4 is 16.9 Å². The first-order chi connectivity index (χ1) is 10.8. The summed E-state index contributed by atoms with van der Waals surface area (Å²) in [5.41, 5.74) is 2.25. The van der Waals surface area contributed by atoms with E-state index in [1.54, 1.807) is 17.1 Å². The number of H-pyrrole nitrogens is 1. The maximum atomic E-state index is 12.4. The molecule has 0 bridgehead atoms. The average Bonchev–Trinajstić information content (AvgIpc) is 3.13. The Bertz CT molecular complexity index is 807. The Morgan fingerprint density at radius 1 is 1.30 bits per heavy atom. The molecule has 6 nitrogen and oxygen atoms in total. The van der Waals surface area contributed by atoms with Gasteiger partial charge in [-0.15, -0.1) is 0 Å². The fraction of sp³-hybridized carbons (Fsp3) is 0.353. The van der Waals surface area contributed by atoms with Gasteiger partial charge in [0.2, 0.25) is 0 Å². The van der Waals surface area contributed by atoms with E-state index in [2.05, 4.69) is 20.4 Å². The predicted molar refractivity (Wildman–Crippen MR) is 89.2 cm³/mol. The van der Waals surface area contributed by atoms with Gasteiger partial charge in [0.1, 0.15) is 5.82 Å². The Morgan fingerprint density at radius 3 is 2.70 bits per heavy atom. The zero-order valence-electron chi connectivity index (χ0n) is 13.8. The van der Waals surface area contributed by atoms with E-state index in [1.807, 2.05) is 52.0 Å². The van der Waals surface area contributed by atoms with E-state index in [0.29, 0.717) is 5.56 Å². The molecule has 3 rings (SSSR count). The maximum Gasteiger partial charge on any atom is 0.255 e. The normalized spacial score (nSPS) is 13.2. The van der Waals surface area contributed by atoms with Crippen LogP contribution in [0.25, 0.3) is 11.0 Å². The Hall–Kier alpha value is -2.63. The Morgan fingerprint density at radius 2 is 2.04 bits per heavy atom. The van der Waals surface area contributed by atoms with Gasteiger partial charge < -0.3 is 10.3 Å². The number of fused-ring (bicyclic) bond motifs is 1. The molecule has 1 atom stereocenters. The lowest BCUT2D eigenvalue weighted by Crippen LogP contribution is -2.27. The second-order valence-electron chi connectivity index (χ2n) is 6.68. The van der Waals surface area contributed by atoms with E-state index < -0.39 is 0 Å². The van der Waals surface area contributed by atoms with E-state index in [1.165, 1.54) is 0 Å². The highest BCUT2D eigenvalue weighted by Crippen LogP contribution is 2.17. The van der Waals surface area contributed by atoms with Crippen LogP contribution >= 0.6 is 0 Å². The molecule has 1 amide bonds. The van der Waals surface area contributed by atoms with Crippen LogP contribution in [0.3, 0.4) is 0 Å². The predicted octanol–water partition coefficient (Wildman–Crippen LogP) is 3.01. The Balaban J connectivity index is 1.75. The number of hydrogen-bond acceptors (Lipinski definition) is 3. The van der Waals surface area contributed by atoms with Crippen molar-refractivity contribution in [1.82, 2.24) is 25.1 Å². The number of rotatable bonds is 3. The van der Waals surface area contributed by atoms with Gasteiger partial charge in [-0.1, -0.05) is 12.1 Å². The van der Waals surface area contributed by atoms with Crippen LogP contribution in [0.5, 0.6) is 0 Å². The number of carbonyl (C=O) groups is 1. The number of aromatic nitrogens is 4. The topological polar surface area (TPSA) is 75.6 Å². The summed E-state index contributed by atoms with van der Waals surface area (Å²) >= 11 is 0. The largest absolute Gasteiger partial charge is 0.342 e. The fourth-order valence-electron chi connectivity index (χ4n) is 2.33. The van der Waals surface area contributed by atoms with Gasteiger partial charge in [-0.2, -0.15) is 5.10 Å². The molecule has 0 saturated heterocycles. The van der Waals surface area contributed by atoms with Crippen molar-refractivity contribution in [3.05, 3.63) is 48.0 Å². The molecule has 23 heavy (non-hydrogen) atoms. The average molecular weight is 311 g/mol. The molecule has 0 fully saturated rings. The summed E-state index contributed by atoms with van der Waals surface area (Å²) in [4.78, 5) is 20.1. The lowest BCUT2D eigenvalue weighted by molar-refractivity contribution is 0.0938. The fourth-order valence-corrected chi connectivity index (χ4v) is 2.33. The molecule has 0 aliphatic rings. The summed E-state index contributed by atoms with van der Waals surface area (Å²) in [5, 5.41) is 7.21. The van der Waals surface area contributed by atoms with Crippen molar-refractivity contribution < 1.29 is 4.79 Å². The Kier molecular flexibility index (Phi) is 3.67. The summed E-state index contributed by atoms with van der Waals surface area (Å²) in [6.45, 7) is 8.03. The van der Waals surface area contributed by atoms with E-state index >= 15 is 0 Å². The number of nitrogens with one attached hydrogen (secondary N) is 2. The van der Waals surface area contributed by atoms with Crippen LogP contribution < -0.4 is 5.32 Å². The highest BCUT2D eigenvalue weighted by molar-refractivity contribution is 5.94. The van der Waals surface area contributed by atoms with E-state index in [0.717, 1.165) is 16.9 Å². The molecule has 0 aliphatic heterocycles. The third-order valence-corrected chi connectivity index (χ3v) is 3.70. The summed E-state index contributed by atoms with van der Waals surface area (Å²) in [6, 6.07) is 7.59. The van der Waals surface area contributed by atoms with Crippen LogP contribution in [0.1, 0.15) is 49.9 Å². The van der Waals surface area contributed by atoms with Crippen LogP contribution in [0.15, 0.2) is 36.7 Å². The van der Waals surface area contributed by atoms with Crippen LogP contribution in [0.4, 0.5) is 0 Å². The van der Waals surface area contributed by atoms with E-state index in [4.69, 9.17) is 0 Å². The minimum Gasteiger partial charge on any atom is -0.342 e. The molecule has 1 unspecified atom stereocenters.